The van der Waals surface area contributed by atoms with Crippen molar-refractivity contribution in [3.8, 4) is 0 Å². The van der Waals surface area contributed by atoms with E-state index in [1.165, 1.54) is 26.0 Å². The summed E-state index contributed by atoms with van der Waals surface area (Å²) in [6.07, 6.45) is 2.54. The maximum atomic E-state index is 18.2. The van der Waals surface area contributed by atoms with Crippen molar-refractivity contribution >= 4 is 77.5 Å². The van der Waals surface area contributed by atoms with E-state index in [2.05, 4.69) is 53.6 Å². The third-order valence-corrected chi connectivity index (χ3v) is 28.5. The Hall–Kier alpha value is -8.32. The fourth-order valence-corrected chi connectivity index (χ4v) is 20.7. The van der Waals surface area contributed by atoms with Crippen molar-refractivity contribution in [2.75, 3.05) is 223 Å². The number of nitrogens with zero attached hydrogens (tertiary/aromatic N) is 2. The number of aliphatic hydroxyl groups excluding tert-OH is 1. The van der Waals surface area contributed by atoms with E-state index >= 15 is 13.6 Å². The van der Waals surface area contributed by atoms with Crippen LogP contribution in [0.2, 0.25) is 0 Å². The Morgan fingerprint density at radius 2 is 1.26 bits per heavy atom. The summed E-state index contributed by atoms with van der Waals surface area (Å²) >= 11 is 0. The van der Waals surface area contributed by atoms with E-state index < -0.39 is 138 Å². The fraction of sp³-hybridized carbons (Fsp3) is 0.713. The van der Waals surface area contributed by atoms with Gasteiger partial charge in [0.2, 0.25) is 35.4 Å². The van der Waals surface area contributed by atoms with Crippen LogP contribution >= 0.6 is 7.60 Å². The minimum Gasteiger partial charge on any atom is -0.390 e. The average molecular weight is 2070 g/mol. The Morgan fingerprint density at radius 1 is 0.655 bits per heavy atom. The van der Waals surface area contributed by atoms with E-state index in [-0.39, 0.29) is 180 Å². The van der Waals surface area contributed by atoms with Crippen LogP contribution in [0.15, 0.2) is 83.7 Å². The molecule has 44 heteroatoms. The maximum Gasteiger partial charge on any atom is 0.327 e. The first-order valence-corrected chi connectivity index (χ1v) is 53.2. The van der Waals surface area contributed by atoms with Crippen molar-refractivity contribution in [2.45, 2.75) is 211 Å². The number of carbonyl (C=O) groups is 9. The SMILES string of the molecule is CCCC1O[C@@H]2C[C@H]3[C@@H]4C[C@H](F)C5=CC(=O)C=C[C@]5(C)[C@@]4(F)[C@@H](O)C[C@]3(C)[C@]2(C(=O)CNC(=O)[C@H](C)CC(=O)[C@@H](NC(=O)[C@@H](CCCCNC(=O)COC2CCCCCC3=C2NNN3CCOCCOCCOCCOCCOCCP(=O)(O)O)NC(=O)CCOCCOCCOCCOCCNC(=O)CCC(=O)N2Cc3ccccc3/C(NCCOCCOCCOCCNC)=C(/NN)c3ccccc32)C(C)C)O1. The maximum absolute atomic E-state index is 18.2. The molecule has 15 N–H and O–H groups in total. The molecule has 3 saturated carbocycles. The Morgan fingerprint density at radius 3 is 1.89 bits per heavy atom. The van der Waals surface area contributed by atoms with E-state index in [9.17, 15) is 48.0 Å². The second-order valence-corrected chi connectivity index (χ2v) is 40.0. The van der Waals surface area contributed by atoms with Crippen LogP contribution in [0.3, 0.4) is 0 Å². The van der Waals surface area contributed by atoms with E-state index in [0.29, 0.717) is 148 Å². The molecule has 4 fully saturated rings. The highest BCUT2D eigenvalue weighted by Crippen LogP contribution is 2.72. The molecule has 3 heterocycles. The van der Waals surface area contributed by atoms with Crippen molar-refractivity contribution in [1.82, 2.24) is 58.6 Å². The summed E-state index contributed by atoms with van der Waals surface area (Å²) in [7, 11) is -2.22. The quantitative estimate of drug-likeness (QED) is 0.0186. The van der Waals surface area contributed by atoms with Gasteiger partial charge in [-0.3, -0.25) is 58.6 Å². The number of para-hydroxylation sites is 1. The second-order valence-electron chi connectivity index (χ2n) is 38.3. The number of carbonyl (C=O) groups excluding carboxylic acids is 9. The van der Waals surface area contributed by atoms with Crippen LogP contribution in [0.5, 0.6) is 0 Å². The number of hydrogen-bond acceptors (Lipinski definition) is 33. The predicted octanol–water partition coefficient (Wildman–Crippen LogP) is 4.58. The fourth-order valence-electron chi connectivity index (χ4n) is 20.3. The van der Waals surface area contributed by atoms with Crippen LogP contribution in [0.4, 0.5) is 14.5 Å². The highest BCUT2D eigenvalue weighted by atomic mass is 31.2. The molecule has 814 valence electrons. The number of hydrazine groups is 3. The van der Waals surface area contributed by atoms with Crippen LogP contribution < -0.4 is 64.3 Å². The highest BCUT2D eigenvalue weighted by molar-refractivity contribution is 7.51. The lowest BCUT2D eigenvalue weighted by molar-refractivity contribution is -0.234. The Balaban J connectivity index is 0.642. The minimum atomic E-state index is -4.09. The van der Waals surface area contributed by atoms with Gasteiger partial charge in [0.25, 0.3) is 0 Å². The number of Topliss-reactive ketones (excluding diaryl/α,β-unsaturated/α-hetero) is 2. The third kappa shape index (κ3) is 34.4. The molecule has 5 aliphatic carbocycles. The number of ether oxygens (including phenoxy) is 15. The number of nitrogens with two attached hydrogens (primary N) is 1. The van der Waals surface area contributed by atoms with E-state index in [1.807, 2.05) is 67.5 Å². The lowest BCUT2D eigenvalue weighted by Crippen LogP contribution is -2.71. The van der Waals surface area contributed by atoms with Crippen molar-refractivity contribution in [2.24, 2.45) is 40.3 Å². The van der Waals surface area contributed by atoms with Gasteiger partial charge in [0.1, 0.15) is 24.9 Å². The first-order chi connectivity index (χ1) is 69.9. The number of ketones is 3. The standard InChI is InChI=1S/C101H158F2N13O28P/c1-8-18-91-143-86-64-75-76-63-78(102)77-62-72(117)28-30-98(77,5)100(76,103)84(119)65-99(75,6)101(86,144-91)85(120)66-109-96(125)70(4)61-82(118)92(69(2)3)111-97(126)79(22-16-17-31-106-89(123)68-142-83-25-11-9-10-24-81-95(83)113-114-116(81)35-40-134-45-50-138-53-54-139-55-56-140-57-58-141-59-60-145(127,128)129)110-88(122)29-36-130-41-46-135-51-52-137-48-43-132-38-33-107-87(121)26-27-90(124)115-67-71-19-12-13-20-73(71)93(94(112-104)74-21-14-15-23-80(74)115)108-34-39-133-44-49-136-47-42-131-37-32-105-7/h12-15,19-21,23,28,30,62,69-70,75-76,78-79,83-84,86,91-92,105,108,112-114,119H,8-11,16-18,22,24-27,29,31-61,63-68,104H2,1-7H3,(H,106,123)(H,107,121)(H,109,125)(H,110,122)(H,111,126)(H2,127,128,129)/b94-93-/t70-,75+,76+,78+,79-,83?,84+,86-,91?,92+,98+,99+,100+,101-/m1/s1. The number of halogens is 2. The molecule has 8 aliphatic rings. The lowest BCUT2D eigenvalue weighted by Gasteiger charge is -2.63. The van der Waals surface area contributed by atoms with Gasteiger partial charge in [-0.25, -0.2) is 8.78 Å². The van der Waals surface area contributed by atoms with E-state index in [1.54, 1.807) is 25.7 Å². The number of unbranched alkanes of at least 4 members (excludes halogenated alkanes) is 1. The van der Waals surface area contributed by atoms with Crippen molar-refractivity contribution in [3.05, 3.63) is 100 Å². The van der Waals surface area contributed by atoms with Gasteiger partial charge in [0.15, 0.2) is 34.9 Å². The molecule has 2 unspecified atom stereocenters. The number of rotatable bonds is 71. The van der Waals surface area contributed by atoms with Crippen molar-refractivity contribution in [1.29, 1.82) is 0 Å². The zero-order chi connectivity index (χ0) is 104. The molecule has 145 heavy (non-hydrogen) atoms. The van der Waals surface area contributed by atoms with Gasteiger partial charge in [0.05, 0.1) is 231 Å². The van der Waals surface area contributed by atoms with Crippen LogP contribution in [0, 0.1) is 34.5 Å². The molecule has 41 nitrogen and oxygen atoms in total. The van der Waals surface area contributed by atoms with Crippen LogP contribution in [-0.2, 0) is 125 Å². The summed E-state index contributed by atoms with van der Waals surface area (Å²) in [4.78, 5) is 145. The molecule has 2 aromatic carbocycles. The summed E-state index contributed by atoms with van der Waals surface area (Å²) in [6.45, 7) is 18.9. The first kappa shape index (κ1) is 119. The number of hydrogen-bond donors (Lipinski definition) is 14. The zero-order valence-corrected chi connectivity index (χ0v) is 86.2. The number of aliphatic hydroxyl groups is 1. The molecule has 0 spiro atoms. The van der Waals surface area contributed by atoms with Crippen molar-refractivity contribution in [3.63, 3.8) is 0 Å². The summed E-state index contributed by atoms with van der Waals surface area (Å²) in [5.41, 5.74) is 8.36. The van der Waals surface area contributed by atoms with Crippen LogP contribution in [-0.4, -0.2) is 344 Å². The van der Waals surface area contributed by atoms with Crippen molar-refractivity contribution < 1.29 is 142 Å². The Bertz CT molecular complexity index is 4640. The second kappa shape index (κ2) is 61.1. The number of allylic oxidation sites excluding steroid dienone is 5. The molecule has 2 aromatic rings. The summed E-state index contributed by atoms with van der Waals surface area (Å²) in [5, 5.41) is 34.8. The number of amides is 6. The molecule has 3 aliphatic heterocycles. The van der Waals surface area contributed by atoms with Crippen LogP contribution in [0.1, 0.15) is 167 Å². The molecular formula is C101H158F2N13O28P. The smallest absolute Gasteiger partial charge is 0.327 e. The topological polar surface area (TPSA) is 523 Å². The van der Waals surface area contributed by atoms with Gasteiger partial charge < -0.3 is 139 Å². The summed E-state index contributed by atoms with van der Waals surface area (Å²) < 4.78 is 132. The average Bonchev–Trinajstić information content (AvgIpc) is 1.53. The molecule has 6 amide bonds. The van der Waals surface area contributed by atoms with Gasteiger partial charge in [-0.05, 0) is 119 Å². The van der Waals surface area contributed by atoms with Gasteiger partial charge >= 0.3 is 7.60 Å². The largest absolute Gasteiger partial charge is 0.390 e. The summed E-state index contributed by atoms with van der Waals surface area (Å²) in [5.74, 6) is -1.55. The van der Waals surface area contributed by atoms with E-state index in [0.717, 1.165) is 66.5 Å². The van der Waals surface area contributed by atoms with Gasteiger partial charge in [-0.2, -0.15) is 0 Å². The predicted molar refractivity (Wildman–Crippen MR) is 530 cm³/mol. The molecule has 1 saturated heterocycles. The third-order valence-electron chi connectivity index (χ3n) is 27.8. The number of likely N-dealkylation sites (N-methyl/N-ethyl adjacent to an activating group) is 1. The van der Waals surface area contributed by atoms with Crippen LogP contribution in [0.25, 0.3) is 11.4 Å². The molecule has 14 atom stereocenters. The summed E-state index contributed by atoms with van der Waals surface area (Å²) in [6, 6.07) is 12.9. The molecule has 0 aromatic heterocycles. The van der Waals surface area contributed by atoms with E-state index in [4.69, 9.17) is 86.7 Å². The molecule has 0 bridgehead atoms. The number of benzene rings is 2. The number of nitrogens with one attached hydrogen (secondary N) is 10. The lowest BCUT2D eigenvalue weighted by atomic mass is 9.44. The first-order valence-electron chi connectivity index (χ1n) is 51.4. The number of alkyl halides is 2. The normalized spacial score (nSPS) is 24.3. The number of fused-ring (bicyclic) bond motifs is 9. The van der Waals surface area contributed by atoms with Gasteiger partial charge in [0, 0.05) is 85.7 Å². The highest BCUT2D eigenvalue weighted by Gasteiger charge is 2.80. The number of anilines is 1. The Labute approximate surface area is 849 Å². The molecule has 0 radical (unpaired) electrons. The minimum absolute atomic E-state index is 0.0388. The Kier molecular flexibility index (Phi) is 50.0. The monoisotopic (exact) mass is 2070 g/mol. The zero-order valence-electron chi connectivity index (χ0n) is 85.3. The molecular weight excluding hydrogens is 1910 g/mol. The van der Waals surface area contributed by atoms with Gasteiger partial charge in [-0.15, -0.1) is 5.53 Å². The van der Waals surface area contributed by atoms with Gasteiger partial charge in [-0.1, -0.05) is 102 Å². The molecule has 10 rings (SSSR count).